The maximum absolute atomic E-state index is 10.3. The molecular weight excluding hydrogens is 237 g/mol. The molecule has 14 heavy (non-hydrogen) atoms. The molecule has 0 aromatic rings. The van der Waals surface area contributed by atoms with Crippen LogP contribution in [0.2, 0.25) is 21.0 Å². The van der Waals surface area contributed by atoms with Crippen molar-refractivity contribution in [3.63, 3.8) is 0 Å². The van der Waals surface area contributed by atoms with Gasteiger partial charge in [0.15, 0.2) is 0 Å². The molecule has 0 saturated heterocycles. The number of hydrogen-bond acceptors (Lipinski definition) is 1. The summed E-state index contributed by atoms with van der Waals surface area (Å²) in [7, 11) is 0. The molecule has 0 aromatic carbocycles. The average Bonchev–Trinajstić information content (AvgIpc) is 2.19. The second-order valence-corrected chi connectivity index (χ2v) is 16.0. The van der Waals surface area contributed by atoms with Crippen LogP contribution < -0.4 is 0 Å². The zero-order valence-electron chi connectivity index (χ0n) is 9.81. The standard InChI is InChI=1S/C11H24GeO2/c1-4-12(5-2,6-3)10-8-7-9-11(13)14/h4-10H2,1-3H3,(H,13,14). The Morgan fingerprint density at radius 2 is 1.57 bits per heavy atom. The van der Waals surface area contributed by atoms with Crippen molar-refractivity contribution < 1.29 is 9.90 Å². The summed E-state index contributed by atoms with van der Waals surface area (Å²) in [5, 5.41) is 14.1. The molecule has 3 heteroatoms. The van der Waals surface area contributed by atoms with E-state index in [9.17, 15) is 4.79 Å². The van der Waals surface area contributed by atoms with Crippen LogP contribution in [-0.2, 0) is 4.79 Å². The van der Waals surface area contributed by atoms with Crippen molar-refractivity contribution in [1.29, 1.82) is 0 Å². The Morgan fingerprint density at radius 1 is 1.07 bits per heavy atom. The van der Waals surface area contributed by atoms with Crippen LogP contribution >= 0.6 is 0 Å². The first-order chi connectivity index (χ1) is 6.60. The number of aliphatic carboxylic acids is 1. The molecule has 84 valence electrons. The first-order valence-corrected chi connectivity index (χ1v) is 11.8. The summed E-state index contributed by atoms with van der Waals surface area (Å²) in [5.74, 6) is -0.646. The van der Waals surface area contributed by atoms with Crippen molar-refractivity contribution in [2.75, 3.05) is 0 Å². The van der Waals surface area contributed by atoms with Crippen molar-refractivity contribution in [3.05, 3.63) is 0 Å². The van der Waals surface area contributed by atoms with Crippen LogP contribution in [0.3, 0.4) is 0 Å². The molecule has 0 bridgehead atoms. The van der Waals surface area contributed by atoms with E-state index in [1.165, 1.54) is 21.0 Å². The number of carbonyl (C=O) groups is 1. The summed E-state index contributed by atoms with van der Waals surface area (Å²) in [6.45, 7) is 6.97. The Hall–Kier alpha value is 0.0129. The molecule has 0 radical (unpaired) electrons. The Labute approximate surface area is 90.4 Å². The summed E-state index contributed by atoms with van der Waals surface area (Å²) in [4.78, 5) is 10.3. The van der Waals surface area contributed by atoms with Gasteiger partial charge in [0.1, 0.15) is 0 Å². The van der Waals surface area contributed by atoms with Crippen LogP contribution in [0.4, 0.5) is 0 Å². The number of unbranched alkanes of at least 4 members (excludes halogenated alkanes) is 1. The van der Waals surface area contributed by atoms with E-state index in [-0.39, 0.29) is 0 Å². The molecule has 0 aliphatic rings. The number of carboxylic acid groups (broad SMARTS) is 1. The van der Waals surface area contributed by atoms with E-state index in [0.717, 1.165) is 12.8 Å². The molecule has 0 rings (SSSR count). The Kier molecular flexibility index (Phi) is 7.33. The third-order valence-electron chi connectivity index (χ3n) is 3.60. The minimum absolute atomic E-state index is 0.357. The summed E-state index contributed by atoms with van der Waals surface area (Å²) >= 11 is -1.49. The fourth-order valence-corrected chi connectivity index (χ4v) is 9.53. The zero-order chi connectivity index (χ0) is 11.0. The molecule has 0 aliphatic carbocycles. The van der Waals surface area contributed by atoms with Crippen LogP contribution in [0.25, 0.3) is 0 Å². The van der Waals surface area contributed by atoms with Gasteiger partial charge in [-0.25, -0.2) is 0 Å². The van der Waals surface area contributed by atoms with E-state index in [1.54, 1.807) is 0 Å². The third kappa shape index (κ3) is 5.03. The van der Waals surface area contributed by atoms with Gasteiger partial charge in [-0.15, -0.1) is 0 Å². The molecule has 0 atom stereocenters. The van der Waals surface area contributed by atoms with Gasteiger partial charge in [0, 0.05) is 0 Å². The molecule has 0 unspecified atom stereocenters. The van der Waals surface area contributed by atoms with E-state index in [1.807, 2.05) is 0 Å². The predicted molar refractivity (Wildman–Crippen MR) is 63.5 cm³/mol. The first kappa shape index (κ1) is 14.0. The topological polar surface area (TPSA) is 37.3 Å². The van der Waals surface area contributed by atoms with Gasteiger partial charge in [-0.05, 0) is 0 Å². The summed E-state index contributed by atoms with van der Waals surface area (Å²) < 4.78 is 0. The zero-order valence-corrected chi connectivity index (χ0v) is 11.9. The average molecular weight is 261 g/mol. The van der Waals surface area contributed by atoms with E-state index in [4.69, 9.17) is 5.11 Å². The molecule has 0 fully saturated rings. The molecule has 0 spiro atoms. The monoisotopic (exact) mass is 262 g/mol. The summed E-state index contributed by atoms with van der Waals surface area (Å²) in [5.41, 5.74) is 0. The van der Waals surface area contributed by atoms with Crippen molar-refractivity contribution >= 4 is 19.2 Å². The SMILES string of the molecule is C[CH2][Ge]([CH2]C)([CH2]C)[CH2]CCCC(=O)O. The quantitative estimate of drug-likeness (QED) is 0.533. The van der Waals surface area contributed by atoms with Crippen LogP contribution in [0, 0.1) is 0 Å². The van der Waals surface area contributed by atoms with Gasteiger partial charge in [-0.3, -0.25) is 0 Å². The van der Waals surface area contributed by atoms with Crippen LogP contribution in [0.1, 0.15) is 40.0 Å². The van der Waals surface area contributed by atoms with Crippen LogP contribution in [-0.4, -0.2) is 24.3 Å². The number of rotatable bonds is 8. The molecule has 0 saturated carbocycles. The fourth-order valence-electron chi connectivity index (χ4n) is 2.06. The molecule has 0 heterocycles. The second-order valence-electron chi connectivity index (χ2n) is 4.16. The van der Waals surface area contributed by atoms with E-state index < -0.39 is 19.2 Å². The summed E-state index contributed by atoms with van der Waals surface area (Å²) in [6.07, 6.45) is 2.37. The van der Waals surface area contributed by atoms with Crippen molar-refractivity contribution in [3.8, 4) is 0 Å². The number of hydrogen-bond donors (Lipinski definition) is 1. The maximum atomic E-state index is 10.3. The van der Waals surface area contributed by atoms with Gasteiger partial charge in [-0.2, -0.15) is 0 Å². The summed E-state index contributed by atoms with van der Waals surface area (Å²) in [6, 6.07) is 0. The molecular formula is C11H24GeO2. The minimum atomic E-state index is -1.49. The van der Waals surface area contributed by atoms with Crippen molar-refractivity contribution in [2.45, 2.75) is 61.0 Å². The van der Waals surface area contributed by atoms with E-state index in [2.05, 4.69) is 20.8 Å². The predicted octanol–water partition coefficient (Wildman–Crippen LogP) is 3.75. The van der Waals surface area contributed by atoms with Gasteiger partial charge in [-0.1, -0.05) is 0 Å². The number of carboxylic acids is 1. The molecule has 0 amide bonds. The Bertz CT molecular complexity index is 156. The molecule has 1 N–H and O–H groups in total. The molecule has 0 aliphatic heterocycles. The normalized spacial score (nSPS) is 11.6. The third-order valence-corrected chi connectivity index (χ3v) is 16.0. The van der Waals surface area contributed by atoms with Crippen molar-refractivity contribution in [2.24, 2.45) is 0 Å². The van der Waals surface area contributed by atoms with E-state index in [0.29, 0.717) is 6.42 Å². The molecule has 2 nitrogen and oxygen atoms in total. The van der Waals surface area contributed by atoms with E-state index >= 15 is 0 Å². The second kappa shape index (κ2) is 7.32. The Balaban J connectivity index is 3.77. The van der Waals surface area contributed by atoms with Gasteiger partial charge in [0.2, 0.25) is 0 Å². The van der Waals surface area contributed by atoms with Crippen LogP contribution in [0.15, 0.2) is 0 Å². The van der Waals surface area contributed by atoms with Crippen LogP contribution in [0.5, 0.6) is 0 Å². The van der Waals surface area contributed by atoms with Gasteiger partial charge in [0.25, 0.3) is 0 Å². The van der Waals surface area contributed by atoms with Gasteiger partial charge >= 0.3 is 90.2 Å². The van der Waals surface area contributed by atoms with Gasteiger partial charge < -0.3 is 0 Å². The van der Waals surface area contributed by atoms with Crippen molar-refractivity contribution in [1.82, 2.24) is 0 Å². The molecule has 0 aromatic heterocycles. The Morgan fingerprint density at radius 3 is 1.93 bits per heavy atom. The first-order valence-electron chi connectivity index (χ1n) is 5.82. The van der Waals surface area contributed by atoms with Gasteiger partial charge in [0.05, 0.1) is 0 Å². The fraction of sp³-hybridized carbons (Fsp3) is 0.909.